The highest BCUT2D eigenvalue weighted by Gasteiger charge is 2.27. The predicted octanol–water partition coefficient (Wildman–Crippen LogP) is 4.14. The largest absolute Gasteiger partial charge is 0.455 e. The number of esters is 1. The zero-order chi connectivity index (χ0) is 18.2. The molecule has 0 spiro atoms. The molecule has 0 aromatic heterocycles. The van der Waals surface area contributed by atoms with Gasteiger partial charge in [-0.3, -0.25) is 9.59 Å². The predicted molar refractivity (Wildman–Crippen MR) is 94.6 cm³/mol. The molecule has 0 bridgehead atoms. The number of benzene rings is 2. The summed E-state index contributed by atoms with van der Waals surface area (Å²) in [6, 6.07) is 14.8. The van der Waals surface area contributed by atoms with Gasteiger partial charge in [0, 0.05) is 5.69 Å². The number of hydrogen-bond donors (Lipinski definition) is 1. The van der Waals surface area contributed by atoms with Crippen molar-refractivity contribution in [2.75, 3.05) is 11.9 Å². The van der Waals surface area contributed by atoms with E-state index < -0.39 is 17.8 Å². The van der Waals surface area contributed by atoms with Crippen LogP contribution in [0.15, 0.2) is 54.6 Å². The van der Waals surface area contributed by atoms with Crippen molar-refractivity contribution < 1.29 is 18.7 Å². The lowest BCUT2D eigenvalue weighted by atomic mass is 9.86. The molecule has 0 aliphatic rings. The van der Waals surface area contributed by atoms with Crippen LogP contribution in [0.5, 0.6) is 0 Å². The molecule has 2 atom stereocenters. The summed E-state index contributed by atoms with van der Waals surface area (Å²) in [5.74, 6) is -1.59. The Bertz CT molecular complexity index is 701. The van der Waals surface area contributed by atoms with Gasteiger partial charge < -0.3 is 10.1 Å². The monoisotopic (exact) mass is 343 g/mol. The lowest BCUT2D eigenvalue weighted by Gasteiger charge is -2.21. The maximum atomic E-state index is 12.9. The normalized spacial score (nSPS) is 12.9. The Morgan fingerprint density at radius 1 is 1.08 bits per heavy atom. The quantitative estimate of drug-likeness (QED) is 0.769. The van der Waals surface area contributed by atoms with Crippen molar-refractivity contribution >= 4 is 17.6 Å². The summed E-state index contributed by atoms with van der Waals surface area (Å²) in [6.45, 7) is 3.61. The molecule has 1 N–H and O–H groups in total. The second kappa shape index (κ2) is 8.97. The molecule has 4 nitrogen and oxygen atoms in total. The molecule has 0 aliphatic heterocycles. The van der Waals surface area contributed by atoms with Gasteiger partial charge in [0.15, 0.2) is 6.61 Å². The number of anilines is 1. The van der Waals surface area contributed by atoms with Gasteiger partial charge >= 0.3 is 5.97 Å². The van der Waals surface area contributed by atoms with Crippen LogP contribution in [-0.2, 0) is 14.3 Å². The van der Waals surface area contributed by atoms with Crippen molar-refractivity contribution in [1.82, 2.24) is 0 Å². The fraction of sp³-hybridized carbons (Fsp3) is 0.300. The third kappa shape index (κ3) is 5.41. The van der Waals surface area contributed by atoms with E-state index in [1.807, 2.05) is 44.2 Å². The zero-order valence-electron chi connectivity index (χ0n) is 14.4. The van der Waals surface area contributed by atoms with Crippen LogP contribution < -0.4 is 5.32 Å². The highest BCUT2D eigenvalue weighted by atomic mass is 19.1. The van der Waals surface area contributed by atoms with Gasteiger partial charge in [0.1, 0.15) is 5.82 Å². The minimum absolute atomic E-state index is 0.0926. The van der Waals surface area contributed by atoms with Crippen LogP contribution in [0, 0.1) is 11.7 Å². The van der Waals surface area contributed by atoms with Gasteiger partial charge in [-0.05, 0) is 35.7 Å². The van der Waals surface area contributed by atoms with Gasteiger partial charge in [-0.25, -0.2) is 4.39 Å². The van der Waals surface area contributed by atoms with Crippen molar-refractivity contribution in [2.24, 2.45) is 5.92 Å². The maximum absolute atomic E-state index is 12.9. The Balaban J connectivity index is 1.96. The van der Waals surface area contributed by atoms with Crippen molar-refractivity contribution in [1.29, 1.82) is 0 Å². The van der Waals surface area contributed by atoms with E-state index >= 15 is 0 Å². The Hall–Kier alpha value is -2.69. The SMILES string of the molecule is CC[C@H](C)[C@H](C(=O)OCC(=O)Nc1ccc(F)cc1)c1ccccc1. The van der Waals surface area contributed by atoms with E-state index in [-0.39, 0.29) is 18.3 Å². The number of carbonyl (C=O) groups excluding carboxylic acids is 2. The lowest BCUT2D eigenvalue weighted by Crippen LogP contribution is -2.26. The van der Waals surface area contributed by atoms with E-state index in [4.69, 9.17) is 4.74 Å². The smallest absolute Gasteiger partial charge is 0.314 e. The van der Waals surface area contributed by atoms with Crippen LogP contribution in [0.25, 0.3) is 0 Å². The Morgan fingerprint density at radius 2 is 1.72 bits per heavy atom. The molecular weight excluding hydrogens is 321 g/mol. The standard InChI is InChI=1S/C20H22FNO3/c1-3-14(2)19(15-7-5-4-6-8-15)20(24)25-13-18(23)22-17-11-9-16(21)10-12-17/h4-12,14,19H,3,13H2,1-2H3,(H,22,23)/t14-,19-/m0/s1. The molecule has 2 rings (SSSR count). The van der Waals surface area contributed by atoms with E-state index in [0.717, 1.165) is 12.0 Å². The minimum Gasteiger partial charge on any atom is -0.455 e. The number of nitrogens with one attached hydrogen (secondary N) is 1. The number of rotatable bonds is 7. The van der Waals surface area contributed by atoms with Crippen LogP contribution in [0.2, 0.25) is 0 Å². The third-order valence-corrected chi connectivity index (χ3v) is 4.10. The van der Waals surface area contributed by atoms with Gasteiger partial charge in [-0.2, -0.15) is 0 Å². The topological polar surface area (TPSA) is 55.4 Å². The molecule has 0 unspecified atom stereocenters. The number of carbonyl (C=O) groups is 2. The van der Waals surface area contributed by atoms with Crippen LogP contribution in [0.1, 0.15) is 31.7 Å². The van der Waals surface area contributed by atoms with Crippen molar-refractivity contribution in [3.05, 3.63) is 66.0 Å². The average Bonchev–Trinajstić information content (AvgIpc) is 2.63. The summed E-state index contributed by atoms with van der Waals surface area (Å²) in [7, 11) is 0. The first-order valence-electron chi connectivity index (χ1n) is 8.28. The van der Waals surface area contributed by atoms with Crippen molar-refractivity contribution in [2.45, 2.75) is 26.2 Å². The summed E-state index contributed by atoms with van der Waals surface area (Å²) in [6.07, 6.45) is 0.816. The molecule has 25 heavy (non-hydrogen) atoms. The van der Waals surface area contributed by atoms with E-state index in [2.05, 4.69) is 5.32 Å². The number of amides is 1. The van der Waals surface area contributed by atoms with Crippen LogP contribution in [0.4, 0.5) is 10.1 Å². The van der Waals surface area contributed by atoms with Crippen LogP contribution in [0.3, 0.4) is 0 Å². The van der Waals surface area contributed by atoms with Gasteiger partial charge in [-0.1, -0.05) is 50.6 Å². The summed E-state index contributed by atoms with van der Waals surface area (Å²) in [5, 5.41) is 2.56. The fourth-order valence-electron chi connectivity index (χ4n) is 2.55. The second-order valence-electron chi connectivity index (χ2n) is 5.94. The summed E-state index contributed by atoms with van der Waals surface area (Å²) in [5.41, 5.74) is 1.32. The van der Waals surface area contributed by atoms with Gasteiger partial charge in [0.25, 0.3) is 5.91 Å². The first-order valence-corrected chi connectivity index (χ1v) is 8.28. The molecule has 5 heteroatoms. The summed E-state index contributed by atoms with van der Waals surface area (Å²) < 4.78 is 18.1. The van der Waals surface area contributed by atoms with E-state index in [1.54, 1.807) is 0 Å². The number of ether oxygens (including phenoxy) is 1. The first-order chi connectivity index (χ1) is 12.0. The van der Waals surface area contributed by atoms with Crippen molar-refractivity contribution in [3.63, 3.8) is 0 Å². The molecule has 0 heterocycles. The molecule has 1 amide bonds. The Morgan fingerprint density at radius 3 is 2.32 bits per heavy atom. The Kier molecular flexibility index (Phi) is 6.69. The van der Waals surface area contributed by atoms with Gasteiger partial charge in [-0.15, -0.1) is 0 Å². The highest BCUT2D eigenvalue weighted by Crippen LogP contribution is 2.28. The van der Waals surface area contributed by atoms with Gasteiger partial charge in [0.2, 0.25) is 0 Å². The van der Waals surface area contributed by atoms with Crippen LogP contribution >= 0.6 is 0 Å². The number of hydrogen-bond acceptors (Lipinski definition) is 3. The molecule has 132 valence electrons. The maximum Gasteiger partial charge on any atom is 0.314 e. The zero-order valence-corrected chi connectivity index (χ0v) is 14.4. The molecule has 2 aromatic carbocycles. The molecule has 0 saturated heterocycles. The fourth-order valence-corrected chi connectivity index (χ4v) is 2.55. The van der Waals surface area contributed by atoms with E-state index in [9.17, 15) is 14.0 Å². The molecular formula is C20H22FNO3. The molecule has 0 radical (unpaired) electrons. The molecule has 0 saturated carbocycles. The first kappa shape index (κ1) is 18.6. The average molecular weight is 343 g/mol. The minimum atomic E-state index is -0.462. The summed E-state index contributed by atoms with van der Waals surface area (Å²) in [4.78, 5) is 24.4. The third-order valence-electron chi connectivity index (χ3n) is 4.10. The number of halogens is 1. The van der Waals surface area contributed by atoms with E-state index in [1.165, 1.54) is 24.3 Å². The van der Waals surface area contributed by atoms with Crippen molar-refractivity contribution in [3.8, 4) is 0 Å². The summed E-state index contributed by atoms with van der Waals surface area (Å²) >= 11 is 0. The van der Waals surface area contributed by atoms with Gasteiger partial charge in [0.05, 0.1) is 5.92 Å². The Labute approximate surface area is 147 Å². The van der Waals surface area contributed by atoms with E-state index in [0.29, 0.717) is 5.69 Å². The molecule has 0 fully saturated rings. The second-order valence-corrected chi connectivity index (χ2v) is 5.94. The molecule has 2 aromatic rings. The lowest BCUT2D eigenvalue weighted by molar-refractivity contribution is -0.150. The highest BCUT2D eigenvalue weighted by molar-refractivity contribution is 5.93. The van der Waals surface area contributed by atoms with Crippen LogP contribution in [-0.4, -0.2) is 18.5 Å². The molecule has 0 aliphatic carbocycles.